The summed E-state index contributed by atoms with van der Waals surface area (Å²) < 4.78 is 0. The lowest BCUT2D eigenvalue weighted by molar-refractivity contribution is -0.142. The Hall–Kier alpha value is -1.26. The highest BCUT2D eigenvalue weighted by molar-refractivity contribution is 6.07. The minimum atomic E-state index is -0.750. The maximum absolute atomic E-state index is 12.9. The second-order valence-corrected chi connectivity index (χ2v) is 6.26. The Morgan fingerprint density at radius 3 is 2.53 bits per heavy atom. The SMILES string of the molecule is CC1CCC(C)N(C(=O)C2(C(N)=NO)CCCC2)C1. The first-order chi connectivity index (χ1) is 9.01. The number of piperidine rings is 1. The van der Waals surface area contributed by atoms with E-state index < -0.39 is 5.41 Å². The Kier molecular flexibility index (Phi) is 4.02. The lowest BCUT2D eigenvalue weighted by Gasteiger charge is -2.41. The summed E-state index contributed by atoms with van der Waals surface area (Å²) in [6, 6.07) is 0.257. The number of carbonyl (C=O) groups excluding carboxylic acids is 1. The monoisotopic (exact) mass is 267 g/mol. The minimum Gasteiger partial charge on any atom is -0.409 e. The molecule has 0 spiro atoms. The number of hydrogen-bond acceptors (Lipinski definition) is 3. The fourth-order valence-corrected chi connectivity index (χ4v) is 3.50. The zero-order valence-corrected chi connectivity index (χ0v) is 11.9. The van der Waals surface area contributed by atoms with Gasteiger partial charge < -0.3 is 15.8 Å². The smallest absolute Gasteiger partial charge is 0.236 e. The summed E-state index contributed by atoms with van der Waals surface area (Å²) in [5.74, 6) is 0.700. The van der Waals surface area contributed by atoms with Crippen molar-refractivity contribution in [1.29, 1.82) is 0 Å². The van der Waals surface area contributed by atoms with Gasteiger partial charge in [0, 0.05) is 12.6 Å². The number of amidine groups is 1. The summed E-state index contributed by atoms with van der Waals surface area (Å²) in [5.41, 5.74) is 5.10. The van der Waals surface area contributed by atoms with Crippen LogP contribution in [0.2, 0.25) is 0 Å². The van der Waals surface area contributed by atoms with Gasteiger partial charge in [0.2, 0.25) is 5.91 Å². The van der Waals surface area contributed by atoms with Crippen molar-refractivity contribution in [3.63, 3.8) is 0 Å². The third kappa shape index (κ3) is 2.42. The summed E-state index contributed by atoms with van der Waals surface area (Å²) in [4.78, 5) is 14.9. The Balaban J connectivity index is 2.24. The van der Waals surface area contributed by atoms with Crippen molar-refractivity contribution >= 4 is 11.7 Å². The Bertz CT molecular complexity index is 375. The molecule has 5 heteroatoms. The van der Waals surface area contributed by atoms with Crippen LogP contribution >= 0.6 is 0 Å². The number of carbonyl (C=O) groups is 1. The lowest BCUT2D eigenvalue weighted by Crippen LogP contribution is -2.55. The van der Waals surface area contributed by atoms with Crippen molar-refractivity contribution in [2.45, 2.75) is 58.4 Å². The molecule has 1 amide bonds. The van der Waals surface area contributed by atoms with Crippen LogP contribution in [-0.4, -0.2) is 34.4 Å². The van der Waals surface area contributed by atoms with Gasteiger partial charge in [0.1, 0.15) is 5.41 Å². The zero-order chi connectivity index (χ0) is 14.0. The molecule has 108 valence electrons. The number of nitrogens with zero attached hydrogens (tertiary/aromatic N) is 2. The van der Waals surface area contributed by atoms with Gasteiger partial charge in [-0.25, -0.2) is 0 Å². The average molecular weight is 267 g/mol. The van der Waals surface area contributed by atoms with Crippen molar-refractivity contribution < 1.29 is 10.0 Å². The normalized spacial score (nSPS) is 31.5. The molecular weight excluding hydrogens is 242 g/mol. The van der Waals surface area contributed by atoms with E-state index in [1.165, 1.54) is 6.42 Å². The van der Waals surface area contributed by atoms with E-state index in [2.05, 4.69) is 19.0 Å². The standard InChI is InChI=1S/C14H25N3O2/c1-10-5-6-11(2)17(9-10)13(18)14(12(15)16-19)7-3-4-8-14/h10-11,19H,3-9H2,1-2H3,(H2,15,16). The Labute approximate surface area is 114 Å². The molecule has 1 heterocycles. The summed E-state index contributed by atoms with van der Waals surface area (Å²) in [6.45, 7) is 5.07. The number of hydrogen-bond donors (Lipinski definition) is 2. The number of nitrogens with two attached hydrogens (primary N) is 1. The fourth-order valence-electron chi connectivity index (χ4n) is 3.50. The average Bonchev–Trinajstić information content (AvgIpc) is 2.90. The molecule has 2 rings (SSSR count). The summed E-state index contributed by atoms with van der Waals surface area (Å²) >= 11 is 0. The largest absolute Gasteiger partial charge is 0.409 e. The van der Waals surface area contributed by atoms with Gasteiger partial charge in [-0.05, 0) is 38.5 Å². The molecule has 0 aromatic heterocycles. The van der Waals surface area contributed by atoms with Crippen molar-refractivity contribution in [3.8, 4) is 0 Å². The van der Waals surface area contributed by atoms with Gasteiger partial charge in [0.15, 0.2) is 5.84 Å². The molecule has 2 fully saturated rings. The first kappa shape index (κ1) is 14.2. The van der Waals surface area contributed by atoms with Crippen molar-refractivity contribution in [1.82, 2.24) is 4.90 Å². The van der Waals surface area contributed by atoms with E-state index in [9.17, 15) is 4.79 Å². The van der Waals surface area contributed by atoms with E-state index in [1.807, 2.05) is 4.90 Å². The summed E-state index contributed by atoms with van der Waals surface area (Å²) in [5, 5.41) is 12.2. The fraction of sp³-hybridized carbons (Fsp3) is 0.857. The Morgan fingerprint density at radius 2 is 1.95 bits per heavy atom. The topological polar surface area (TPSA) is 78.9 Å². The van der Waals surface area contributed by atoms with E-state index in [1.54, 1.807) is 0 Å². The van der Waals surface area contributed by atoms with Crippen molar-refractivity contribution in [2.75, 3.05) is 6.54 Å². The van der Waals surface area contributed by atoms with E-state index >= 15 is 0 Å². The van der Waals surface area contributed by atoms with E-state index in [0.717, 1.165) is 25.8 Å². The highest BCUT2D eigenvalue weighted by Gasteiger charge is 2.48. The number of likely N-dealkylation sites (tertiary alicyclic amines) is 1. The summed E-state index contributed by atoms with van der Waals surface area (Å²) in [6.07, 6.45) is 5.57. The predicted octanol–water partition coefficient (Wildman–Crippen LogP) is 1.94. The molecule has 2 aliphatic rings. The van der Waals surface area contributed by atoms with E-state index in [4.69, 9.17) is 10.9 Å². The highest BCUT2D eigenvalue weighted by atomic mass is 16.4. The molecule has 1 aliphatic heterocycles. The number of rotatable bonds is 2. The molecule has 1 aliphatic carbocycles. The molecule has 0 aromatic rings. The molecule has 1 saturated heterocycles. The van der Waals surface area contributed by atoms with Gasteiger partial charge in [0.25, 0.3) is 0 Å². The van der Waals surface area contributed by atoms with Crippen LogP contribution in [0, 0.1) is 11.3 Å². The molecule has 1 saturated carbocycles. The van der Waals surface area contributed by atoms with Gasteiger partial charge in [0.05, 0.1) is 0 Å². The minimum absolute atomic E-state index is 0.0688. The van der Waals surface area contributed by atoms with Crippen LogP contribution in [0.1, 0.15) is 52.4 Å². The van der Waals surface area contributed by atoms with Gasteiger partial charge >= 0.3 is 0 Å². The lowest BCUT2D eigenvalue weighted by atomic mass is 9.81. The number of oxime groups is 1. The molecule has 0 aromatic carbocycles. The molecule has 2 atom stereocenters. The molecule has 0 bridgehead atoms. The van der Waals surface area contributed by atoms with Crippen LogP contribution in [-0.2, 0) is 4.79 Å². The molecule has 5 nitrogen and oxygen atoms in total. The molecule has 3 N–H and O–H groups in total. The van der Waals surface area contributed by atoms with Crippen LogP contribution in [0.3, 0.4) is 0 Å². The maximum Gasteiger partial charge on any atom is 0.236 e. The Morgan fingerprint density at radius 1 is 1.32 bits per heavy atom. The van der Waals surface area contributed by atoms with Crippen molar-refractivity contribution in [3.05, 3.63) is 0 Å². The number of amides is 1. The quantitative estimate of drug-likeness (QED) is 0.347. The van der Waals surface area contributed by atoms with Gasteiger partial charge in [-0.2, -0.15) is 0 Å². The van der Waals surface area contributed by atoms with Crippen LogP contribution in [0.4, 0.5) is 0 Å². The molecule has 0 radical (unpaired) electrons. The van der Waals surface area contributed by atoms with E-state index in [0.29, 0.717) is 18.8 Å². The van der Waals surface area contributed by atoms with Crippen LogP contribution in [0.25, 0.3) is 0 Å². The highest BCUT2D eigenvalue weighted by Crippen LogP contribution is 2.41. The first-order valence-corrected chi connectivity index (χ1v) is 7.30. The maximum atomic E-state index is 12.9. The molecule has 19 heavy (non-hydrogen) atoms. The molecular formula is C14H25N3O2. The molecule has 2 unspecified atom stereocenters. The third-order valence-electron chi connectivity index (χ3n) is 4.84. The summed E-state index contributed by atoms with van der Waals surface area (Å²) in [7, 11) is 0. The van der Waals surface area contributed by atoms with Crippen LogP contribution in [0.5, 0.6) is 0 Å². The van der Waals surface area contributed by atoms with Gasteiger partial charge in [-0.3, -0.25) is 4.79 Å². The van der Waals surface area contributed by atoms with Crippen LogP contribution < -0.4 is 5.73 Å². The zero-order valence-electron chi connectivity index (χ0n) is 11.9. The van der Waals surface area contributed by atoms with Crippen LogP contribution in [0.15, 0.2) is 5.16 Å². The van der Waals surface area contributed by atoms with Gasteiger partial charge in [-0.1, -0.05) is 24.9 Å². The third-order valence-corrected chi connectivity index (χ3v) is 4.84. The first-order valence-electron chi connectivity index (χ1n) is 7.30. The predicted molar refractivity (Wildman–Crippen MR) is 73.9 cm³/mol. The second-order valence-electron chi connectivity index (χ2n) is 6.26. The van der Waals surface area contributed by atoms with Crippen molar-refractivity contribution in [2.24, 2.45) is 22.2 Å². The van der Waals surface area contributed by atoms with Gasteiger partial charge in [-0.15, -0.1) is 0 Å². The second kappa shape index (κ2) is 5.39. The van der Waals surface area contributed by atoms with E-state index in [-0.39, 0.29) is 17.8 Å².